The van der Waals surface area contributed by atoms with Crippen molar-refractivity contribution in [2.45, 2.75) is 18.4 Å². The Morgan fingerprint density at radius 3 is 2.86 bits per heavy atom. The van der Waals surface area contributed by atoms with Gasteiger partial charge in [0.25, 0.3) is 0 Å². The number of ether oxygens (including phenoxy) is 1. The number of nitrogens with zero attached hydrogens (tertiary/aromatic N) is 1. The van der Waals surface area contributed by atoms with Gasteiger partial charge in [0.2, 0.25) is 0 Å². The number of hydrogen-bond donors (Lipinski definition) is 1. The highest BCUT2D eigenvalue weighted by atomic mass is 16.5. The van der Waals surface area contributed by atoms with E-state index in [9.17, 15) is 4.79 Å². The maximum Gasteiger partial charge on any atom is 0.333 e. The zero-order valence-corrected chi connectivity index (χ0v) is 7.59. The molecule has 14 heavy (non-hydrogen) atoms. The normalized spacial score (nSPS) is 26.3. The lowest BCUT2D eigenvalue weighted by Gasteiger charge is -2.13. The summed E-state index contributed by atoms with van der Waals surface area (Å²) in [6.07, 6.45) is 3.41. The summed E-state index contributed by atoms with van der Waals surface area (Å²) >= 11 is 0. The number of aliphatic carboxylic acids is 1. The van der Waals surface area contributed by atoms with Gasteiger partial charge in [-0.25, -0.2) is 4.79 Å². The van der Waals surface area contributed by atoms with Crippen LogP contribution in [0.4, 0.5) is 0 Å². The van der Waals surface area contributed by atoms with Crippen molar-refractivity contribution in [2.24, 2.45) is 0 Å². The van der Waals surface area contributed by atoms with E-state index in [0.717, 1.165) is 12.0 Å². The average Bonchev–Trinajstić information content (AvgIpc) is 2.67. The fraction of sp³-hybridized carbons (Fsp3) is 0.400. The highest BCUT2D eigenvalue weighted by Crippen LogP contribution is 2.30. The smallest absolute Gasteiger partial charge is 0.333 e. The quantitative estimate of drug-likeness (QED) is 0.762. The van der Waals surface area contributed by atoms with Crippen LogP contribution >= 0.6 is 0 Å². The minimum Gasteiger partial charge on any atom is -0.479 e. The first-order chi connectivity index (χ1) is 6.79. The zero-order chi connectivity index (χ0) is 9.97. The molecule has 0 radical (unpaired) electrons. The first kappa shape index (κ1) is 9.15. The monoisotopic (exact) mass is 193 g/mol. The predicted octanol–water partition coefficient (Wildman–Crippen LogP) is 1.04. The molecule has 1 aliphatic rings. The van der Waals surface area contributed by atoms with Crippen molar-refractivity contribution in [3.05, 3.63) is 30.1 Å². The lowest BCUT2D eigenvalue weighted by atomic mass is 9.93. The molecule has 0 amide bonds. The Balaban J connectivity index is 2.22. The van der Waals surface area contributed by atoms with Crippen LogP contribution in [0.3, 0.4) is 0 Å². The molecule has 0 aliphatic carbocycles. The van der Waals surface area contributed by atoms with Crippen LogP contribution in [0.15, 0.2) is 24.5 Å². The van der Waals surface area contributed by atoms with Crippen LogP contribution in [0.2, 0.25) is 0 Å². The molecule has 4 nitrogen and oxygen atoms in total. The van der Waals surface area contributed by atoms with Gasteiger partial charge in [0.1, 0.15) is 0 Å². The maximum absolute atomic E-state index is 10.8. The van der Waals surface area contributed by atoms with E-state index >= 15 is 0 Å². The van der Waals surface area contributed by atoms with Crippen LogP contribution in [-0.2, 0) is 9.53 Å². The summed E-state index contributed by atoms with van der Waals surface area (Å²) in [6, 6.07) is 3.69. The number of rotatable bonds is 2. The molecule has 1 aromatic rings. The van der Waals surface area contributed by atoms with E-state index in [1.807, 2.05) is 12.1 Å². The molecule has 1 N–H and O–H groups in total. The Hall–Kier alpha value is -1.42. The lowest BCUT2D eigenvalue weighted by molar-refractivity contribution is -0.148. The van der Waals surface area contributed by atoms with Crippen molar-refractivity contribution in [1.29, 1.82) is 0 Å². The number of aromatic nitrogens is 1. The van der Waals surface area contributed by atoms with E-state index in [1.54, 1.807) is 12.4 Å². The van der Waals surface area contributed by atoms with Crippen LogP contribution in [0.5, 0.6) is 0 Å². The molecule has 2 rings (SSSR count). The van der Waals surface area contributed by atoms with E-state index in [1.165, 1.54) is 0 Å². The third-order valence-electron chi connectivity index (χ3n) is 2.47. The zero-order valence-electron chi connectivity index (χ0n) is 7.59. The van der Waals surface area contributed by atoms with E-state index in [2.05, 4.69) is 4.98 Å². The van der Waals surface area contributed by atoms with Crippen LogP contribution in [0.1, 0.15) is 17.9 Å². The van der Waals surface area contributed by atoms with E-state index in [0.29, 0.717) is 6.61 Å². The van der Waals surface area contributed by atoms with Crippen LogP contribution in [0, 0.1) is 0 Å². The first-order valence-corrected chi connectivity index (χ1v) is 4.53. The van der Waals surface area contributed by atoms with Gasteiger partial charge in [-0.15, -0.1) is 0 Å². The number of carbonyl (C=O) groups is 1. The van der Waals surface area contributed by atoms with E-state index < -0.39 is 12.1 Å². The van der Waals surface area contributed by atoms with Gasteiger partial charge in [-0.2, -0.15) is 0 Å². The highest BCUT2D eigenvalue weighted by Gasteiger charge is 2.34. The second kappa shape index (κ2) is 3.75. The minimum absolute atomic E-state index is 0.0319. The highest BCUT2D eigenvalue weighted by molar-refractivity contribution is 5.74. The summed E-state index contributed by atoms with van der Waals surface area (Å²) in [5.41, 5.74) is 0.991. The molecule has 4 heteroatoms. The summed E-state index contributed by atoms with van der Waals surface area (Å²) in [7, 11) is 0. The van der Waals surface area contributed by atoms with Crippen LogP contribution in [0.25, 0.3) is 0 Å². The summed E-state index contributed by atoms with van der Waals surface area (Å²) in [5.74, 6) is -0.917. The van der Waals surface area contributed by atoms with Crippen molar-refractivity contribution in [1.82, 2.24) is 4.98 Å². The van der Waals surface area contributed by atoms with Crippen molar-refractivity contribution < 1.29 is 14.6 Å². The van der Waals surface area contributed by atoms with Crippen molar-refractivity contribution in [2.75, 3.05) is 6.61 Å². The standard InChI is InChI=1S/C10H11NO3/c12-10(13)9-8(3-6-14-9)7-1-4-11-5-2-7/h1-2,4-5,8-9H,3,6H2,(H,12,13)/t8-,9-/m1/s1. The van der Waals surface area contributed by atoms with Crippen molar-refractivity contribution in [3.8, 4) is 0 Å². The number of carboxylic acids is 1. The summed E-state index contributed by atoms with van der Waals surface area (Å²) in [4.78, 5) is 14.7. The van der Waals surface area contributed by atoms with Gasteiger partial charge in [0.15, 0.2) is 6.10 Å². The fourth-order valence-corrected chi connectivity index (χ4v) is 1.78. The molecule has 1 saturated heterocycles. The SMILES string of the molecule is O=C(O)[C@@H]1OCC[C@@H]1c1ccncc1. The number of carboxylic acid groups (broad SMARTS) is 1. The molecule has 1 fully saturated rings. The molecular formula is C10H11NO3. The Bertz CT molecular complexity index is 325. The summed E-state index contributed by atoms with van der Waals surface area (Å²) in [5, 5.41) is 8.90. The molecule has 0 spiro atoms. The molecule has 0 saturated carbocycles. The molecule has 1 aromatic heterocycles. The lowest BCUT2D eigenvalue weighted by Crippen LogP contribution is -2.24. The Labute approximate surface area is 81.5 Å². The van der Waals surface area contributed by atoms with Crippen molar-refractivity contribution in [3.63, 3.8) is 0 Å². The molecule has 2 atom stereocenters. The van der Waals surface area contributed by atoms with Gasteiger partial charge in [-0.1, -0.05) is 0 Å². The maximum atomic E-state index is 10.8. The second-order valence-corrected chi connectivity index (χ2v) is 3.31. The summed E-state index contributed by atoms with van der Waals surface area (Å²) < 4.78 is 5.16. The Morgan fingerprint density at radius 2 is 2.21 bits per heavy atom. The van der Waals surface area contributed by atoms with Gasteiger partial charge in [0.05, 0.1) is 0 Å². The minimum atomic E-state index is -0.885. The van der Waals surface area contributed by atoms with E-state index in [4.69, 9.17) is 9.84 Å². The Kier molecular flexibility index (Phi) is 2.45. The predicted molar refractivity (Wildman–Crippen MR) is 49.0 cm³/mol. The third-order valence-corrected chi connectivity index (χ3v) is 2.47. The molecule has 74 valence electrons. The first-order valence-electron chi connectivity index (χ1n) is 4.53. The average molecular weight is 193 g/mol. The van der Waals surface area contributed by atoms with Gasteiger partial charge in [0, 0.05) is 24.9 Å². The molecule has 0 unspecified atom stereocenters. The second-order valence-electron chi connectivity index (χ2n) is 3.31. The van der Waals surface area contributed by atoms with Crippen molar-refractivity contribution >= 4 is 5.97 Å². The molecule has 2 heterocycles. The molecular weight excluding hydrogens is 182 g/mol. The van der Waals surface area contributed by atoms with E-state index in [-0.39, 0.29) is 5.92 Å². The largest absolute Gasteiger partial charge is 0.479 e. The van der Waals surface area contributed by atoms with Gasteiger partial charge in [-0.3, -0.25) is 4.98 Å². The molecule has 0 bridgehead atoms. The van der Waals surface area contributed by atoms with Gasteiger partial charge >= 0.3 is 5.97 Å². The Morgan fingerprint density at radius 1 is 1.50 bits per heavy atom. The number of pyridine rings is 1. The van der Waals surface area contributed by atoms with Crippen LogP contribution < -0.4 is 0 Å². The topological polar surface area (TPSA) is 59.4 Å². The third kappa shape index (κ3) is 1.61. The number of hydrogen-bond acceptors (Lipinski definition) is 3. The summed E-state index contributed by atoms with van der Waals surface area (Å²) in [6.45, 7) is 0.518. The molecule has 0 aromatic carbocycles. The van der Waals surface area contributed by atoms with Crippen LogP contribution in [-0.4, -0.2) is 28.8 Å². The molecule has 1 aliphatic heterocycles. The van der Waals surface area contributed by atoms with Gasteiger partial charge in [-0.05, 0) is 24.1 Å². The van der Waals surface area contributed by atoms with Gasteiger partial charge < -0.3 is 9.84 Å². The fourth-order valence-electron chi connectivity index (χ4n) is 1.78.